The van der Waals surface area contributed by atoms with E-state index < -0.39 is 0 Å². The average Bonchev–Trinajstić information content (AvgIpc) is 2.05. The summed E-state index contributed by atoms with van der Waals surface area (Å²) in [7, 11) is 1.81. The Kier molecular flexibility index (Phi) is 3.53. The van der Waals surface area contributed by atoms with E-state index in [9.17, 15) is 0 Å². The van der Waals surface area contributed by atoms with Crippen LogP contribution in [0.15, 0.2) is 0 Å². The van der Waals surface area contributed by atoms with Crippen LogP contribution in [0.5, 0.6) is 0 Å². The van der Waals surface area contributed by atoms with Gasteiger partial charge in [-0.15, -0.1) is 0 Å². The summed E-state index contributed by atoms with van der Waals surface area (Å²) < 4.78 is 6.84. The molecule has 0 radical (unpaired) electrons. The Morgan fingerprint density at radius 2 is 2.25 bits per heavy atom. The van der Waals surface area contributed by atoms with Crippen molar-refractivity contribution in [2.75, 3.05) is 20.2 Å². The van der Waals surface area contributed by atoms with E-state index in [4.69, 9.17) is 4.74 Å². The molecule has 69 valence electrons. The Morgan fingerprint density at radius 3 is 2.75 bits per heavy atom. The van der Waals surface area contributed by atoms with Crippen LogP contribution >= 0.6 is 0 Å². The van der Waals surface area contributed by atoms with Gasteiger partial charge >= 0.3 is 83.5 Å². The quantitative estimate of drug-likeness (QED) is 0.672. The molecular weight excluding hydrogens is 189 g/mol. The normalized spacial score (nSPS) is 31.8. The molecule has 3 heteroatoms. The molecular formula is C9H17NOV. The second-order valence-electron chi connectivity index (χ2n) is 3.73. The third kappa shape index (κ3) is 2.43. The number of piperidine rings is 1. The molecule has 0 aromatic heterocycles. The molecule has 0 bridgehead atoms. The van der Waals surface area contributed by atoms with E-state index in [0.29, 0.717) is 0 Å². The van der Waals surface area contributed by atoms with Gasteiger partial charge in [-0.3, -0.25) is 0 Å². The number of hydrogen-bond donors (Lipinski definition) is 0. The third-order valence-corrected chi connectivity index (χ3v) is 3.05. The van der Waals surface area contributed by atoms with Crippen LogP contribution in [0.3, 0.4) is 0 Å². The van der Waals surface area contributed by atoms with Crippen LogP contribution < -0.4 is 0 Å². The second kappa shape index (κ2) is 4.06. The molecule has 0 aromatic carbocycles. The fraction of sp³-hybridized carbons (Fsp3) is 0.889. The van der Waals surface area contributed by atoms with E-state index in [1.165, 1.54) is 23.7 Å². The molecule has 1 atom stereocenters. The van der Waals surface area contributed by atoms with Crippen LogP contribution in [0.2, 0.25) is 0 Å². The van der Waals surface area contributed by atoms with Gasteiger partial charge in [0.05, 0.1) is 0 Å². The minimum absolute atomic E-state index is 0.0689. The molecule has 1 fully saturated rings. The first-order chi connectivity index (χ1) is 5.57. The van der Waals surface area contributed by atoms with Gasteiger partial charge in [0.1, 0.15) is 0 Å². The molecule has 0 aliphatic carbocycles. The zero-order valence-electron chi connectivity index (χ0n) is 8.13. The predicted octanol–water partition coefficient (Wildman–Crippen LogP) is 1.18. The number of nitrogens with zero attached hydrogens (tertiary/aromatic N) is 1. The van der Waals surface area contributed by atoms with Gasteiger partial charge in [0.25, 0.3) is 0 Å². The van der Waals surface area contributed by atoms with Gasteiger partial charge < -0.3 is 0 Å². The van der Waals surface area contributed by atoms with Crippen molar-refractivity contribution >= 4 is 4.35 Å². The molecule has 1 aliphatic rings. The van der Waals surface area contributed by atoms with E-state index in [0.717, 1.165) is 6.54 Å². The van der Waals surface area contributed by atoms with Crippen molar-refractivity contribution in [3.63, 3.8) is 0 Å². The van der Waals surface area contributed by atoms with E-state index in [2.05, 4.69) is 35.7 Å². The van der Waals surface area contributed by atoms with Gasteiger partial charge in [-0.2, -0.15) is 0 Å². The van der Waals surface area contributed by atoms with Crippen molar-refractivity contribution < 1.29 is 21.7 Å². The van der Waals surface area contributed by atoms with Gasteiger partial charge in [-0.05, 0) is 0 Å². The summed E-state index contributed by atoms with van der Waals surface area (Å²) in [5.74, 6) is 0. The molecule has 0 aromatic rings. The molecule has 0 amide bonds. The Hall–Kier alpha value is 0.374. The topological polar surface area (TPSA) is 12.5 Å². The number of rotatable bonds is 2. The predicted molar refractivity (Wildman–Crippen MR) is 46.9 cm³/mol. The zero-order chi connectivity index (χ0) is 9.19. The Labute approximate surface area is 83.8 Å². The average molecular weight is 206 g/mol. The Morgan fingerprint density at radius 1 is 1.58 bits per heavy atom. The fourth-order valence-corrected chi connectivity index (χ4v) is 1.92. The summed E-state index contributed by atoms with van der Waals surface area (Å²) in [6, 6.07) is 0. The fourth-order valence-electron chi connectivity index (χ4n) is 1.65. The molecule has 1 rings (SSSR count). The van der Waals surface area contributed by atoms with Crippen LogP contribution in [0.1, 0.15) is 26.7 Å². The van der Waals surface area contributed by atoms with E-state index in [-0.39, 0.29) is 5.60 Å². The van der Waals surface area contributed by atoms with Crippen molar-refractivity contribution in [1.29, 1.82) is 0 Å². The third-order valence-electron chi connectivity index (χ3n) is 2.61. The molecule has 0 saturated carbocycles. The van der Waals surface area contributed by atoms with Crippen LogP contribution in [0.25, 0.3) is 0 Å². The first-order valence-corrected chi connectivity index (χ1v) is 5.10. The summed E-state index contributed by atoms with van der Waals surface area (Å²) in [6.45, 7) is 6.54. The Balaban J connectivity index is 2.57. The second-order valence-corrected chi connectivity index (χ2v) is 4.74. The Bertz CT molecular complexity index is 183. The summed E-state index contributed by atoms with van der Waals surface area (Å²) in [5.41, 5.74) is 0.0689. The molecule has 12 heavy (non-hydrogen) atoms. The number of likely N-dealkylation sites (tertiary alicyclic amines) is 1. The minimum atomic E-state index is 0.0689. The van der Waals surface area contributed by atoms with Gasteiger partial charge in [-0.1, -0.05) is 0 Å². The molecule has 1 aliphatic heterocycles. The standard InChI is InChI=1S/C9H17NO.V/c1-4-10-7-5-6-9(2,8-10)11-3;/h5-8H2,1-3H3;. The summed E-state index contributed by atoms with van der Waals surface area (Å²) >= 11 is 2.61. The first-order valence-electron chi connectivity index (χ1n) is 4.40. The van der Waals surface area contributed by atoms with Crippen LogP contribution in [-0.2, 0) is 21.7 Å². The maximum absolute atomic E-state index is 5.50. The molecule has 1 saturated heterocycles. The maximum atomic E-state index is 5.50. The first kappa shape index (κ1) is 10.5. The van der Waals surface area contributed by atoms with Crippen molar-refractivity contribution in [2.45, 2.75) is 32.3 Å². The summed E-state index contributed by atoms with van der Waals surface area (Å²) in [4.78, 5) is 2.38. The molecule has 0 N–H and O–H groups in total. The van der Waals surface area contributed by atoms with Crippen LogP contribution in [0, 0.1) is 0 Å². The van der Waals surface area contributed by atoms with Gasteiger partial charge in [0.15, 0.2) is 0 Å². The monoisotopic (exact) mass is 206 g/mol. The van der Waals surface area contributed by atoms with Crippen molar-refractivity contribution in [3.8, 4) is 0 Å². The van der Waals surface area contributed by atoms with Crippen LogP contribution in [0.4, 0.5) is 0 Å². The molecule has 1 heterocycles. The summed E-state index contributed by atoms with van der Waals surface area (Å²) in [5, 5.41) is 0. The molecule has 2 nitrogen and oxygen atoms in total. The number of methoxy groups -OCH3 is 1. The van der Waals surface area contributed by atoms with Crippen molar-refractivity contribution in [1.82, 2.24) is 4.90 Å². The van der Waals surface area contributed by atoms with Crippen molar-refractivity contribution in [2.24, 2.45) is 0 Å². The van der Waals surface area contributed by atoms with Gasteiger partial charge in [-0.25, -0.2) is 0 Å². The van der Waals surface area contributed by atoms with E-state index >= 15 is 0 Å². The van der Waals surface area contributed by atoms with Gasteiger partial charge in [0, 0.05) is 0 Å². The van der Waals surface area contributed by atoms with Crippen LogP contribution in [-0.4, -0.2) is 35.1 Å². The van der Waals surface area contributed by atoms with Gasteiger partial charge in [0.2, 0.25) is 0 Å². The van der Waals surface area contributed by atoms with Crippen molar-refractivity contribution in [3.05, 3.63) is 0 Å². The molecule has 0 spiro atoms. The summed E-state index contributed by atoms with van der Waals surface area (Å²) in [6.07, 6.45) is 2.42. The van der Waals surface area contributed by atoms with E-state index in [1.807, 2.05) is 7.11 Å². The number of ether oxygens (including phenoxy) is 1. The number of hydrogen-bond acceptors (Lipinski definition) is 2. The van der Waals surface area contributed by atoms with E-state index in [1.54, 1.807) is 0 Å². The zero-order valence-corrected chi connectivity index (χ0v) is 9.53. The molecule has 1 unspecified atom stereocenters. The SMILES string of the molecule is COC1(C)CCCN([C](C)=[V])C1.